The number of halogens is 3. The Balaban J connectivity index is 1.35. The number of likely N-dealkylation sites (tertiary alicyclic amines) is 1. The second kappa shape index (κ2) is 12.7. The fourth-order valence-corrected chi connectivity index (χ4v) is 5.25. The maximum absolute atomic E-state index is 13.9. The predicted octanol–water partition coefficient (Wildman–Crippen LogP) is 3.66. The Kier molecular flexibility index (Phi) is 9.01. The lowest BCUT2D eigenvalue weighted by atomic mass is 10.0. The molecule has 3 heterocycles. The Labute approximate surface area is 246 Å². The van der Waals surface area contributed by atoms with Gasteiger partial charge in [0.05, 0.1) is 19.4 Å². The van der Waals surface area contributed by atoms with Crippen LogP contribution in [0, 0.1) is 0 Å². The van der Waals surface area contributed by atoms with E-state index in [2.05, 4.69) is 25.5 Å². The number of aromatic nitrogens is 2. The van der Waals surface area contributed by atoms with Gasteiger partial charge < -0.3 is 35.2 Å². The molecule has 230 valence electrons. The normalized spacial score (nSPS) is 17.9. The van der Waals surface area contributed by atoms with Crippen LogP contribution in [0.3, 0.4) is 0 Å². The molecule has 5 rings (SSSR count). The lowest BCUT2D eigenvalue weighted by Gasteiger charge is -2.31. The van der Waals surface area contributed by atoms with Crippen LogP contribution >= 0.6 is 0 Å². The third-order valence-electron chi connectivity index (χ3n) is 7.57. The van der Waals surface area contributed by atoms with Gasteiger partial charge in [-0.05, 0) is 49.7 Å². The Morgan fingerprint density at radius 2 is 1.93 bits per heavy atom. The van der Waals surface area contributed by atoms with Gasteiger partial charge in [-0.3, -0.25) is 9.69 Å². The van der Waals surface area contributed by atoms with Gasteiger partial charge in [0.15, 0.2) is 0 Å². The van der Waals surface area contributed by atoms with Gasteiger partial charge in [0.1, 0.15) is 23.3 Å². The number of aliphatic hydroxyl groups is 2. The third-order valence-corrected chi connectivity index (χ3v) is 7.57. The molecule has 0 bridgehead atoms. The molecule has 0 aliphatic carbocycles. The topological polar surface area (TPSA) is 132 Å². The van der Waals surface area contributed by atoms with Gasteiger partial charge in [-0.25, -0.2) is 4.98 Å². The molecule has 1 amide bonds. The summed E-state index contributed by atoms with van der Waals surface area (Å²) in [6.45, 7) is 2.67. The summed E-state index contributed by atoms with van der Waals surface area (Å²) >= 11 is 0. The van der Waals surface area contributed by atoms with Crippen LogP contribution in [0.4, 0.5) is 24.8 Å². The summed E-state index contributed by atoms with van der Waals surface area (Å²) in [7, 11) is 3.09. The number of hydrogen-bond donors (Lipinski definition) is 4. The van der Waals surface area contributed by atoms with Crippen molar-refractivity contribution in [2.75, 3.05) is 45.7 Å². The lowest BCUT2D eigenvalue weighted by molar-refractivity contribution is -0.139. The molecular formula is C29H33F3N6O5. The number of hydrogen-bond acceptors (Lipinski definition) is 10. The number of nitrogens with one attached hydrogen (secondary N) is 2. The van der Waals surface area contributed by atoms with Crippen molar-refractivity contribution in [1.29, 1.82) is 0 Å². The minimum Gasteiger partial charge on any atom is -0.495 e. The van der Waals surface area contributed by atoms with E-state index in [9.17, 15) is 23.1 Å². The number of amides is 1. The standard InChI is InChI=1S/C29H33F3N6O5/c1-37-16-18-4-3-5-22(24(18)27(37)41)43-26-20(29(30,31)32)15-33-28(36-26)35-21-7-6-17(14-23(21)42-2)25(40)34-19-8-10-38(11-9-19)12-13-39/h3-7,14-15,19,27,39,41H,8-13,16H2,1-2H3,(H,34,40)(H,33,35,36). The largest absolute Gasteiger partial charge is 0.495 e. The van der Waals surface area contributed by atoms with Gasteiger partial charge in [-0.1, -0.05) is 12.1 Å². The molecule has 1 fully saturated rings. The van der Waals surface area contributed by atoms with E-state index in [0.29, 0.717) is 36.1 Å². The average molecular weight is 603 g/mol. The summed E-state index contributed by atoms with van der Waals surface area (Å²) in [4.78, 5) is 24.5. The van der Waals surface area contributed by atoms with Crippen molar-refractivity contribution in [2.45, 2.75) is 37.8 Å². The molecule has 2 aromatic carbocycles. The molecule has 11 nitrogen and oxygen atoms in total. The number of aliphatic hydroxyl groups excluding tert-OH is 2. The first-order valence-corrected chi connectivity index (χ1v) is 13.8. The zero-order valence-corrected chi connectivity index (χ0v) is 23.7. The number of methoxy groups -OCH3 is 1. The summed E-state index contributed by atoms with van der Waals surface area (Å²) in [6, 6.07) is 9.51. The molecule has 0 radical (unpaired) electrons. The van der Waals surface area contributed by atoms with Crippen molar-refractivity contribution in [3.63, 3.8) is 0 Å². The number of piperidine rings is 1. The van der Waals surface area contributed by atoms with E-state index in [1.54, 1.807) is 36.2 Å². The summed E-state index contributed by atoms with van der Waals surface area (Å²) < 4.78 is 52.7. The molecule has 43 heavy (non-hydrogen) atoms. The van der Waals surface area contributed by atoms with E-state index >= 15 is 0 Å². The van der Waals surface area contributed by atoms with Crippen LogP contribution in [-0.4, -0.2) is 82.3 Å². The van der Waals surface area contributed by atoms with Crippen LogP contribution in [0.2, 0.25) is 0 Å². The molecular weight excluding hydrogens is 569 g/mol. The minimum absolute atomic E-state index is 0.00226. The monoisotopic (exact) mass is 602 g/mol. The first kappa shape index (κ1) is 30.5. The fraction of sp³-hybridized carbons (Fsp3) is 0.414. The van der Waals surface area contributed by atoms with Crippen LogP contribution in [0.5, 0.6) is 17.4 Å². The number of nitrogens with zero attached hydrogens (tertiary/aromatic N) is 4. The minimum atomic E-state index is -4.80. The number of carbonyl (C=O) groups is 1. The zero-order chi connectivity index (χ0) is 30.7. The van der Waals surface area contributed by atoms with E-state index in [1.807, 2.05) is 0 Å². The Bertz CT molecular complexity index is 1470. The Hall–Kier alpha value is -3.98. The molecule has 1 unspecified atom stereocenters. The molecule has 3 aromatic rings. The Morgan fingerprint density at radius 3 is 2.63 bits per heavy atom. The third kappa shape index (κ3) is 6.82. The van der Waals surface area contributed by atoms with Crippen molar-refractivity contribution in [1.82, 2.24) is 25.1 Å². The first-order chi connectivity index (χ1) is 20.6. The summed E-state index contributed by atoms with van der Waals surface area (Å²) in [5, 5.41) is 25.5. The quantitative estimate of drug-likeness (QED) is 0.288. The maximum atomic E-state index is 13.9. The molecule has 1 saturated heterocycles. The number of β-amino-alcohol motifs (C(OH)–C–C–N with tert-alkyl or cyclic N) is 1. The van der Waals surface area contributed by atoms with E-state index in [1.165, 1.54) is 19.2 Å². The van der Waals surface area contributed by atoms with Gasteiger partial charge in [0.2, 0.25) is 11.8 Å². The van der Waals surface area contributed by atoms with Crippen LogP contribution in [0.1, 0.15) is 46.1 Å². The molecule has 2 aliphatic heterocycles. The number of carbonyl (C=O) groups excluding carboxylic acids is 1. The van der Waals surface area contributed by atoms with E-state index in [4.69, 9.17) is 14.6 Å². The van der Waals surface area contributed by atoms with E-state index < -0.39 is 23.8 Å². The van der Waals surface area contributed by atoms with Gasteiger partial charge in [-0.2, -0.15) is 18.2 Å². The highest BCUT2D eigenvalue weighted by Crippen LogP contribution is 2.42. The van der Waals surface area contributed by atoms with Crippen molar-refractivity contribution in [3.05, 3.63) is 64.8 Å². The van der Waals surface area contributed by atoms with Gasteiger partial charge in [-0.15, -0.1) is 0 Å². The van der Waals surface area contributed by atoms with E-state index in [0.717, 1.165) is 31.5 Å². The molecule has 1 aromatic heterocycles. The Morgan fingerprint density at radius 1 is 1.16 bits per heavy atom. The highest BCUT2D eigenvalue weighted by Gasteiger charge is 2.37. The summed E-state index contributed by atoms with van der Waals surface area (Å²) in [6.07, 6.45) is -3.70. The number of alkyl halides is 3. The number of benzene rings is 2. The van der Waals surface area contributed by atoms with Crippen molar-refractivity contribution in [2.24, 2.45) is 0 Å². The number of ether oxygens (including phenoxy) is 2. The molecule has 0 spiro atoms. The second-order valence-electron chi connectivity index (χ2n) is 10.5. The summed E-state index contributed by atoms with van der Waals surface area (Å²) in [5.41, 5.74) is 0.586. The van der Waals surface area contributed by atoms with Crippen LogP contribution < -0.4 is 20.1 Å². The summed E-state index contributed by atoms with van der Waals surface area (Å²) in [5.74, 6) is -0.909. The van der Waals surface area contributed by atoms with Crippen LogP contribution in [-0.2, 0) is 12.7 Å². The number of rotatable bonds is 9. The highest BCUT2D eigenvalue weighted by atomic mass is 19.4. The average Bonchev–Trinajstić information content (AvgIpc) is 3.27. The molecule has 2 aliphatic rings. The van der Waals surface area contributed by atoms with Gasteiger partial charge in [0.25, 0.3) is 5.91 Å². The zero-order valence-electron chi connectivity index (χ0n) is 23.7. The molecule has 0 saturated carbocycles. The maximum Gasteiger partial charge on any atom is 0.423 e. The van der Waals surface area contributed by atoms with Gasteiger partial charge >= 0.3 is 6.18 Å². The fourth-order valence-electron chi connectivity index (χ4n) is 5.25. The lowest BCUT2D eigenvalue weighted by Crippen LogP contribution is -2.45. The van der Waals surface area contributed by atoms with Crippen LogP contribution in [0.25, 0.3) is 0 Å². The van der Waals surface area contributed by atoms with Crippen molar-refractivity contribution < 1.29 is 37.7 Å². The van der Waals surface area contributed by atoms with E-state index in [-0.39, 0.29) is 36.0 Å². The van der Waals surface area contributed by atoms with Crippen molar-refractivity contribution >= 4 is 17.5 Å². The first-order valence-electron chi connectivity index (χ1n) is 13.8. The van der Waals surface area contributed by atoms with Gasteiger partial charge in [0, 0.05) is 49.5 Å². The van der Waals surface area contributed by atoms with Crippen LogP contribution in [0.15, 0.2) is 42.6 Å². The predicted molar refractivity (Wildman–Crippen MR) is 150 cm³/mol. The van der Waals surface area contributed by atoms with Crippen molar-refractivity contribution in [3.8, 4) is 17.4 Å². The number of fused-ring (bicyclic) bond motifs is 1. The SMILES string of the molecule is COc1cc(C(=O)NC2CCN(CCO)CC2)ccc1Nc1ncc(C(F)(F)F)c(Oc2cccc3c2C(O)N(C)C3)n1. The molecule has 4 N–H and O–H groups in total. The highest BCUT2D eigenvalue weighted by molar-refractivity contribution is 5.95. The smallest absolute Gasteiger partial charge is 0.423 e. The molecule has 14 heteroatoms. The molecule has 1 atom stereocenters. The number of anilines is 2. The second-order valence-corrected chi connectivity index (χ2v) is 10.5.